The van der Waals surface area contributed by atoms with Crippen molar-refractivity contribution < 1.29 is 0 Å². The van der Waals surface area contributed by atoms with Crippen molar-refractivity contribution in [2.24, 2.45) is 11.8 Å². The summed E-state index contributed by atoms with van der Waals surface area (Å²) >= 11 is 0. The van der Waals surface area contributed by atoms with Gasteiger partial charge in [0.05, 0.1) is 0 Å². The highest BCUT2D eigenvalue weighted by molar-refractivity contribution is 4.98. The largest absolute Gasteiger partial charge is 0.0999 e. The first-order valence-corrected chi connectivity index (χ1v) is 4.89. The quantitative estimate of drug-likeness (QED) is 0.528. The van der Waals surface area contributed by atoms with E-state index in [2.05, 4.69) is 20.4 Å². The molecule has 0 amide bonds. The molecule has 1 rings (SSSR count). The van der Waals surface area contributed by atoms with Gasteiger partial charge in [0, 0.05) is 0 Å². The first kappa shape index (κ1) is 8.83. The molecule has 1 aliphatic carbocycles. The van der Waals surface area contributed by atoms with Gasteiger partial charge in [-0.2, -0.15) is 0 Å². The van der Waals surface area contributed by atoms with Crippen LogP contribution in [-0.4, -0.2) is 0 Å². The van der Waals surface area contributed by atoms with Crippen LogP contribution >= 0.6 is 0 Å². The first-order chi connectivity index (χ1) is 5.24. The predicted octanol–water partition coefficient (Wildman–Crippen LogP) is 3.78. The summed E-state index contributed by atoms with van der Waals surface area (Å²) in [6.07, 6.45) is 7.05. The van der Waals surface area contributed by atoms with Crippen LogP contribution in [0.2, 0.25) is 0 Å². The van der Waals surface area contributed by atoms with E-state index in [1.54, 1.807) is 0 Å². The number of hydrogen-bond acceptors (Lipinski definition) is 0. The zero-order chi connectivity index (χ0) is 8.27. The van der Waals surface area contributed by atoms with Crippen LogP contribution in [0.3, 0.4) is 0 Å². The van der Waals surface area contributed by atoms with Crippen LogP contribution in [0.5, 0.6) is 0 Å². The van der Waals surface area contributed by atoms with Crippen LogP contribution in [0.15, 0.2) is 12.2 Å². The summed E-state index contributed by atoms with van der Waals surface area (Å²) in [5.41, 5.74) is 1.41. The highest BCUT2D eigenvalue weighted by Crippen LogP contribution is 2.34. The molecule has 0 aromatic rings. The van der Waals surface area contributed by atoms with E-state index in [-0.39, 0.29) is 0 Å². The van der Waals surface area contributed by atoms with Crippen LogP contribution in [0.4, 0.5) is 0 Å². The average Bonchev–Trinajstić information content (AvgIpc) is 2.05. The van der Waals surface area contributed by atoms with Gasteiger partial charge in [-0.3, -0.25) is 0 Å². The summed E-state index contributed by atoms with van der Waals surface area (Å²) < 4.78 is 0. The topological polar surface area (TPSA) is 0 Å². The van der Waals surface area contributed by atoms with E-state index in [4.69, 9.17) is 0 Å². The summed E-state index contributed by atoms with van der Waals surface area (Å²) in [5.74, 6) is 1.83. The van der Waals surface area contributed by atoms with Crippen LogP contribution in [-0.2, 0) is 0 Å². The maximum Gasteiger partial charge on any atom is -0.0206 e. The molecule has 2 unspecified atom stereocenters. The Morgan fingerprint density at radius 3 is 2.73 bits per heavy atom. The van der Waals surface area contributed by atoms with Crippen molar-refractivity contribution in [2.75, 3.05) is 0 Å². The normalized spacial score (nSPS) is 31.8. The maximum atomic E-state index is 4.05. The molecule has 2 atom stereocenters. The summed E-state index contributed by atoms with van der Waals surface area (Å²) in [5, 5.41) is 0. The van der Waals surface area contributed by atoms with Gasteiger partial charge in [-0.1, -0.05) is 38.3 Å². The third-order valence-electron chi connectivity index (χ3n) is 3.06. The SMILES string of the molecule is C=C(C)C1CCCC(CC)C1. The van der Waals surface area contributed by atoms with Gasteiger partial charge in [0.2, 0.25) is 0 Å². The molecule has 1 saturated carbocycles. The molecule has 0 nitrogen and oxygen atoms in total. The number of allylic oxidation sites excluding steroid dienone is 1. The Hall–Kier alpha value is -0.260. The smallest absolute Gasteiger partial charge is 0.0206 e. The minimum Gasteiger partial charge on any atom is -0.0999 e. The van der Waals surface area contributed by atoms with E-state index in [1.165, 1.54) is 37.7 Å². The monoisotopic (exact) mass is 152 g/mol. The van der Waals surface area contributed by atoms with E-state index in [9.17, 15) is 0 Å². The van der Waals surface area contributed by atoms with Crippen LogP contribution in [0.25, 0.3) is 0 Å². The molecular weight excluding hydrogens is 132 g/mol. The molecule has 11 heavy (non-hydrogen) atoms. The van der Waals surface area contributed by atoms with Gasteiger partial charge in [0.1, 0.15) is 0 Å². The molecule has 0 aliphatic heterocycles. The number of rotatable bonds is 2. The van der Waals surface area contributed by atoms with Gasteiger partial charge in [0.25, 0.3) is 0 Å². The van der Waals surface area contributed by atoms with Crippen molar-refractivity contribution >= 4 is 0 Å². The van der Waals surface area contributed by atoms with Crippen LogP contribution in [0, 0.1) is 11.8 Å². The predicted molar refractivity (Wildman–Crippen MR) is 50.6 cm³/mol. The lowest BCUT2D eigenvalue weighted by Crippen LogP contribution is -2.15. The lowest BCUT2D eigenvalue weighted by Gasteiger charge is -2.28. The van der Waals surface area contributed by atoms with Crippen molar-refractivity contribution in [1.29, 1.82) is 0 Å². The summed E-state index contributed by atoms with van der Waals surface area (Å²) in [7, 11) is 0. The van der Waals surface area contributed by atoms with Gasteiger partial charge in [-0.15, -0.1) is 0 Å². The molecule has 0 aromatic carbocycles. The maximum absolute atomic E-state index is 4.05. The minimum absolute atomic E-state index is 0.841. The van der Waals surface area contributed by atoms with Gasteiger partial charge < -0.3 is 0 Å². The second kappa shape index (κ2) is 3.94. The van der Waals surface area contributed by atoms with E-state index < -0.39 is 0 Å². The molecule has 0 bridgehead atoms. The third-order valence-corrected chi connectivity index (χ3v) is 3.06. The fourth-order valence-corrected chi connectivity index (χ4v) is 2.11. The van der Waals surface area contributed by atoms with Gasteiger partial charge >= 0.3 is 0 Å². The minimum atomic E-state index is 0.841. The summed E-state index contributed by atoms with van der Waals surface area (Å²) in [6.45, 7) is 8.54. The van der Waals surface area contributed by atoms with Crippen LogP contribution in [0.1, 0.15) is 46.0 Å². The zero-order valence-electron chi connectivity index (χ0n) is 7.90. The highest BCUT2D eigenvalue weighted by Gasteiger charge is 2.20. The lowest BCUT2D eigenvalue weighted by atomic mass is 9.77. The first-order valence-electron chi connectivity index (χ1n) is 4.89. The third kappa shape index (κ3) is 2.36. The van der Waals surface area contributed by atoms with Crippen molar-refractivity contribution in [3.8, 4) is 0 Å². The Bertz CT molecular complexity index is 135. The van der Waals surface area contributed by atoms with E-state index in [1.807, 2.05) is 0 Å². The Morgan fingerprint density at radius 1 is 1.45 bits per heavy atom. The molecule has 0 spiro atoms. The summed E-state index contributed by atoms with van der Waals surface area (Å²) in [6, 6.07) is 0. The Kier molecular flexibility index (Phi) is 3.16. The Balaban J connectivity index is 2.39. The lowest BCUT2D eigenvalue weighted by molar-refractivity contribution is 0.289. The number of hydrogen-bond donors (Lipinski definition) is 0. The van der Waals surface area contributed by atoms with Gasteiger partial charge in [-0.05, 0) is 31.6 Å². The van der Waals surface area contributed by atoms with E-state index >= 15 is 0 Å². The van der Waals surface area contributed by atoms with Crippen molar-refractivity contribution in [2.45, 2.75) is 46.0 Å². The second-order valence-corrected chi connectivity index (χ2v) is 3.98. The molecule has 64 valence electrons. The molecule has 0 heteroatoms. The molecule has 1 fully saturated rings. The molecule has 0 radical (unpaired) electrons. The standard InChI is InChI=1S/C11H20/c1-4-10-6-5-7-11(8-10)9(2)3/h10-11H,2,4-8H2,1,3H3. The average molecular weight is 152 g/mol. The van der Waals surface area contributed by atoms with E-state index in [0.29, 0.717) is 0 Å². The Labute approximate surface area is 70.7 Å². The summed E-state index contributed by atoms with van der Waals surface area (Å²) in [4.78, 5) is 0. The molecule has 0 saturated heterocycles. The fraction of sp³-hybridized carbons (Fsp3) is 0.818. The van der Waals surface area contributed by atoms with Crippen LogP contribution < -0.4 is 0 Å². The van der Waals surface area contributed by atoms with E-state index in [0.717, 1.165) is 11.8 Å². The van der Waals surface area contributed by atoms with Gasteiger partial charge in [-0.25, -0.2) is 0 Å². The highest BCUT2D eigenvalue weighted by atomic mass is 14.3. The fourth-order valence-electron chi connectivity index (χ4n) is 2.11. The van der Waals surface area contributed by atoms with Crippen molar-refractivity contribution in [3.05, 3.63) is 12.2 Å². The second-order valence-electron chi connectivity index (χ2n) is 3.98. The van der Waals surface area contributed by atoms with Crippen molar-refractivity contribution in [1.82, 2.24) is 0 Å². The van der Waals surface area contributed by atoms with Crippen molar-refractivity contribution in [3.63, 3.8) is 0 Å². The zero-order valence-corrected chi connectivity index (χ0v) is 7.90. The molecular formula is C11H20. The van der Waals surface area contributed by atoms with Gasteiger partial charge in [0.15, 0.2) is 0 Å². The molecule has 0 aromatic heterocycles. The molecule has 0 N–H and O–H groups in total. The Morgan fingerprint density at radius 2 is 2.18 bits per heavy atom. The molecule has 0 heterocycles. The molecule has 1 aliphatic rings.